The monoisotopic (exact) mass is 243 g/mol. The molecule has 0 bridgehead atoms. The normalized spacial score (nSPS) is 12.1. The topological polar surface area (TPSA) is 105 Å². The predicted octanol–water partition coefficient (Wildman–Crippen LogP) is 0.195. The molecule has 0 radical (unpaired) electrons. The van der Waals surface area contributed by atoms with Gasteiger partial charge in [0.2, 0.25) is 5.91 Å². The van der Waals surface area contributed by atoms with Gasteiger partial charge in [-0.05, 0) is 6.42 Å². The van der Waals surface area contributed by atoms with Gasteiger partial charge in [0.15, 0.2) is 5.69 Å². The van der Waals surface area contributed by atoms with Crippen molar-refractivity contribution in [1.82, 2.24) is 10.3 Å². The molecule has 1 rings (SSSR count). The molecule has 16 heavy (non-hydrogen) atoms. The van der Waals surface area contributed by atoms with Crippen molar-refractivity contribution in [2.45, 2.75) is 25.9 Å². The highest BCUT2D eigenvalue weighted by molar-refractivity contribution is 7.09. The fourth-order valence-electron chi connectivity index (χ4n) is 0.970. The van der Waals surface area contributed by atoms with E-state index < -0.39 is 12.0 Å². The van der Waals surface area contributed by atoms with Crippen molar-refractivity contribution in [3.63, 3.8) is 0 Å². The van der Waals surface area contributed by atoms with Gasteiger partial charge in [0, 0.05) is 5.38 Å². The molecule has 1 amide bonds. The van der Waals surface area contributed by atoms with Crippen molar-refractivity contribution < 1.29 is 14.7 Å². The maximum absolute atomic E-state index is 11.3. The standard InChI is InChI=1S/C9H13N3O3S/c1-2-5(10)8(13)11-3-7-12-6(4-16-7)9(14)15/h4-5H,2-3,10H2,1H3,(H,11,13)(H,14,15)/t5-/m1/s1. The average Bonchev–Trinajstić information content (AvgIpc) is 2.73. The van der Waals surface area contributed by atoms with Crippen molar-refractivity contribution in [2.75, 3.05) is 0 Å². The molecular weight excluding hydrogens is 230 g/mol. The van der Waals surface area contributed by atoms with Gasteiger partial charge in [0.1, 0.15) is 5.01 Å². The summed E-state index contributed by atoms with van der Waals surface area (Å²) < 4.78 is 0. The number of carbonyl (C=O) groups excluding carboxylic acids is 1. The number of carboxylic acids is 1. The Labute approximate surface area is 96.5 Å². The summed E-state index contributed by atoms with van der Waals surface area (Å²) in [6.07, 6.45) is 0.560. The minimum absolute atomic E-state index is 0.00552. The lowest BCUT2D eigenvalue weighted by molar-refractivity contribution is -0.122. The first-order valence-electron chi connectivity index (χ1n) is 4.75. The first-order chi connectivity index (χ1) is 7.54. The van der Waals surface area contributed by atoms with Gasteiger partial charge < -0.3 is 16.2 Å². The summed E-state index contributed by atoms with van der Waals surface area (Å²) in [6, 6.07) is -0.529. The zero-order valence-electron chi connectivity index (χ0n) is 8.77. The molecule has 0 aliphatic rings. The molecule has 1 aromatic heterocycles. The second-order valence-electron chi connectivity index (χ2n) is 3.16. The van der Waals surface area contributed by atoms with E-state index >= 15 is 0 Å². The third-order valence-corrected chi connectivity index (χ3v) is 2.81. The van der Waals surface area contributed by atoms with Gasteiger partial charge in [-0.25, -0.2) is 9.78 Å². The minimum atomic E-state index is -1.07. The molecule has 0 unspecified atom stereocenters. The van der Waals surface area contributed by atoms with Crippen LogP contribution in [-0.4, -0.2) is 28.0 Å². The van der Waals surface area contributed by atoms with E-state index in [1.165, 1.54) is 16.7 Å². The van der Waals surface area contributed by atoms with Crippen LogP contribution in [-0.2, 0) is 11.3 Å². The van der Waals surface area contributed by atoms with Crippen LogP contribution in [0.4, 0.5) is 0 Å². The van der Waals surface area contributed by atoms with E-state index in [9.17, 15) is 9.59 Å². The Morgan fingerprint density at radius 3 is 2.88 bits per heavy atom. The molecule has 1 aromatic rings. The van der Waals surface area contributed by atoms with Crippen LogP contribution in [0.15, 0.2) is 5.38 Å². The highest BCUT2D eigenvalue weighted by atomic mass is 32.1. The van der Waals surface area contributed by atoms with Crippen LogP contribution in [0.2, 0.25) is 0 Å². The number of hydrogen-bond donors (Lipinski definition) is 3. The van der Waals surface area contributed by atoms with Gasteiger partial charge in [-0.1, -0.05) is 6.92 Å². The number of nitrogens with two attached hydrogens (primary N) is 1. The van der Waals surface area contributed by atoms with Crippen molar-refractivity contribution in [3.8, 4) is 0 Å². The SMILES string of the molecule is CC[C@@H](N)C(=O)NCc1nc(C(=O)O)cs1. The summed E-state index contributed by atoms with van der Waals surface area (Å²) in [5.41, 5.74) is 5.51. The van der Waals surface area contributed by atoms with E-state index in [1.807, 2.05) is 6.92 Å². The fraction of sp³-hybridized carbons (Fsp3) is 0.444. The van der Waals surface area contributed by atoms with Crippen molar-refractivity contribution in [1.29, 1.82) is 0 Å². The molecule has 4 N–H and O–H groups in total. The third kappa shape index (κ3) is 3.28. The number of aromatic nitrogens is 1. The zero-order valence-corrected chi connectivity index (χ0v) is 9.58. The maximum atomic E-state index is 11.3. The van der Waals surface area contributed by atoms with Gasteiger partial charge in [-0.2, -0.15) is 0 Å². The number of hydrogen-bond acceptors (Lipinski definition) is 5. The summed E-state index contributed by atoms with van der Waals surface area (Å²) in [6.45, 7) is 2.03. The van der Waals surface area contributed by atoms with Crippen LogP contribution in [0.25, 0.3) is 0 Å². The Balaban J connectivity index is 2.48. The van der Waals surface area contributed by atoms with Crippen molar-refractivity contribution in [2.24, 2.45) is 5.73 Å². The summed E-state index contributed by atoms with van der Waals surface area (Å²) in [4.78, 5) is 25.7. The molecule has 0 aromatic carbocycles. The van der Waals surface area contributed by atoms with Crippen molar-refractivity contribution in [3.05, 3.63) is 16.1 Å². The zero-order chi connectivity index (χ0) is 12.1. The van der Waals surface area contributed by atoms with Crippen LogP contribution < -0.4 is 11.1 Å². The largest absolute Gasteiger partial charge is 0.476 e. The van der Waals surface area contributed by atoms with Gasteiger partial charge in [0.25, 0.3) is 0 Å². The van der Waals surface area contributed by atoms with Gasteiger partial charge in [0.05, 0.1) is 12.6 Å². The molecule has 0 aliphatic carbocycles. The quantitative estimate of drug-likeness (QED) is 0.684. The second-order valence-corrected chi connectivity index (χ2v) is 4.11. The average molecular weight is 243 g/mol. The predicted molar refractivity (Wildman–Crippen MR) is 59.2 cm³/mol. The van der Waals surface area contributed by atoms with Crippen LogP contribution in [0, 0.1) is 0 Å². The molecule has 0 fully saturated rings. The van der Waals surface area contributed by atoms with E-state index in [1.54, 1.807) is 0 Å². The number of rotatable bonds is 5. The Morgan fingerprint density at radius 2 is 2.38 bits per heavy atom. The molecule has 0 saturated heterocycles. The minimum Gasteiger partial charge on any atom is -0.476 e. The number of carboxylic acid groups (broad SMARTS) is 1. The molecule has 1 atom stereocenters. The third-order valence-electron chi connectivity index (χ3n) is 1.96. The summed E-state index contributed by atoms with van der Waals surface area (Å²) in [5, 5.41) is 13.2. The number of carbonyl (C=O) groups is 2. The number of aromatic carboxylic acids is 1. The molecule has 7 heteroatoms. The summed E-state index contributed by atoms with van der Waals surface area (Å²) in [7, 11) is 0. The second kappa shape index (κ2) is 5.57. The number of nitrogens with zero attached hydrogens (tertiary/aromatic N) is 1. The number of thiazole rings is 1. The Kier molecular flexibility index (Phi) is 4.39. The van der Waals surface area contributed by atoms with Gasteiger partial charge >= 0.3 is 5.97 Å². The lowest BCUT2D eigenvalue weighted by Gasteiger charge is -2.08. The Bertz CT molecular complexity index is 391. The van der Waals surface area contributed by atoms with E-state index in [-0.39, 0.29) is 18.1 Å². The molecular formula is C9H13N3O3S. The maximum Gasteiger partial charge on any atom is 0.355 e. The van der Waals surface area contributed by atoms with Crippen LogP contribution in [0.5, 0.6) is 0 Å². The summed E-state index contributed by atoms with van der Waals surface area (Å²) in [5.74, 6) is -1.33. The van der Waals surface area contributed by atoms with Crippen molar-refractivity contribution >= 4 is 23.2 Å². The van der Waals surface area contributed by atoms with Gasteiger partial charge in [-0.15, -0.1) is 11.3 Å². The highest BCUT2D eigenvalue weighted by Gasteiger charge is 2.12. The molecule has 88 valence electrons. The summed E-state index contributed by atoms with van der Waals surface area (Å²) >= 11 is 1.19. The fourth-order valence-corrected chi connectivity index (χ4v) is 1.68. The lowest BCUT2D eigenvalue weighted by atomic mass is 10.2. The van der Waals surface area contributed by atoms with Crippen LogP contribution >= 0.6 is 11.3 Å². The molecule has 1 heterocycles. The van der Waals surface area contributed by atoms with E-state index in [2.05, 4.69) is 10.3 Å². The Hall–Kier alpha value is -1.47. The number of nitrogens with one attached hydrogen (secondary N) is 1. The van der Waals surface area contributed by atoms with E-state index in [0.29, 0.717) is 11.4 Å². The smallest absolute Gasteiger partial charge is 0.355 e. The number of amides is 1. The van der Waals surface area contributed by atoms with Gasteiger partial charge in [-0.3, -0.25) is 4.79 Å². The van der Waals surface area contributed by atoms with E-state index in [0.717, 1.165) is 0 Å². The first kappa shape index (κ1) is 12.6. The lowest BCUT2D eigenvalue weighted by Crippen LogP contribution is -2.39. The molecule has 0 saturated carbocycles. The molecule has 0 spiro atoms. The van der Waals surface area contributed by atoms with Crippen LogP contribution in [0.1, 0.15) is 28.8 Å². The highest BCUT2D eigenvalue weighted by Crippen LogP contribution is 2.09. The Morgan fingerprint density at radius 1 is 1.69 bits per heavy atom. The first-order valence-corrected chi connectivity index (χ1v) is 5.63. The van der Waals surface area contributed by atoms with E-state index in [4.69, 9.17) is 10.8 Å². The molecule has 0 aliphatic heterocycles. The molecule has 6 nitrogen and oxygen atoms in total. The van der Waals surface area contributed by atoms with Crippen LogP contribution in [0.3, 0.4) is 0 Å².